The first-order valence-electron chi connectivity index (χ1n) is 10.8. The zero-order chi connectivity index (χ0) is 22.6. The number of pyridine rings is 1. The van der Waals surface area contributed by atoms with Crippen LogP contribution in [0.1, 0.15) is 30.9 Å². The predicted molar refractivity (Wildman–Crippen MR) is 127 cm³/mol. The molecule has 0 radical (unpaired) electrons. The second-order valence-electron chi connectivity index (χ2n) is 8.54. The second kappa shape index (κ2) is 7.48. The first-order chi connectivity index (χ1) is 15.3. The van der Waals surface area contributed by atoms with E-state index in [-0.39, 0.29) is 6.10 Å². The maximum Gasteiger partial charge on any atom is 0.297 e. The van der Waals surface area contributed by atoms with E-state index in [1.54, 1.807) is 0 Å². The van der Waals surface area contributed by atoms with Gasteiger partial charge >= 0.3 is 0 Å². The van der Waals surface area contributed by atoms with Crippen molar-refractivity contribution in [3.8, 4) is 28.3 Å². The minimum Gasteiger partial charge on any atom is -0.462 e. The Bertz CT molecular complexity index is 1460. The number of aryl methyl sites for hydroxylation is 4. The second-order valence-corrected chi connectivity index (χ2v) is 8.54. The molecule has 0 aliphatic carbocycles. The van der Waals surface area contributed by atoms with E-state index in [0.29, 0.717) is 6.01 Å². The Balaban J connectivity index is 1.91. The standard InChI is InChI=1S/C26H26N4O2/c1-14(2)31-26-28-22-13-18(24-16(4)29-32-17(24)5)12-20(25(22)30(26)6)23-15(3)9-10-21-19(23)8-7-11-27-21/h7-14H,1-6H3. The van der Waals surface area contributed by atoms with E-state index in [4.69, 9.17) is 14.2 Å². The summed E-state index contributed by atoms with van der Waals surface area (Å²) in [7, 11) is 2.00. The summed E-state index contributed by atoms with van der Waals surface area (Å²) >= 11 is 0. The van der Waals surface area contributed by atoms with Crippen molar-refractivity contribution in [2.24, 2.45) is 7.05 Å². The summed E-state index contributed by atoms with van der Waals surface area (Å²) in [5.74, 6) is 0.790. The molecule has 5 aromatic rings. The van der Waals surface area contributed by atoms with Gasteiger partial charge in [0.25, 0.3) is 6.01 Å². The van der Waals surface area contributed by atoms with Gasteiger partial charge in [-0.3, -0.25) is 9.55 Å². The zero-order valence-corrected chi connectivity index (χ0v) is 19.2. The molecule has 6 nitrogen and oxygen atoms in total. The summed E-state index contributed by atoms with van der Waals surface area (Å²) in [6.45, 7) is 10.1. The Hall–Kier alpha value is -3.67. The van der Waals surface area contributed by atoms with Crippen LogP contribution in [0.25, 0.3) is 44.2 Å². The number of nitrogens with zero attached hydrogens (tertiary/aromatic N) is 4. The van der Waals surface area contributed by atoms with E-state index >= 15 is 0 Å². The van der Waals surface area contributed by atoms with Crippen molar-refractivity contribution in [1.29, 1.82) is 0 Å². The van der Waals surface area contributed by atoms with Gasteiger partial charge < -0.3 is 9.26 Å². The number of imidazole rings is 1. The maximum absolute atomic E-state index is 6.03. The normalized spacial score (nSPS) is 11.7. The molecule has 0 atom stereocenters. The molecule has 32 heavy (non-hydrogen) atoms. The largest absolute Gasteiger partial charge is 0.462 e. The molecule has 0 N–H and O–H groups in total. The summed E-state index contributed by atoms with van der Waals surface area (Å²) in [6, 6.07) is 13.2. The molecule has 0 bridgehead atoms. The molecule has 6 heteroatoms. The molecule has 0 saturated heterocycles. The fourth-order valence-electron chi connectivity index (χ4n) is 4.50. The van der Waals surface area contributed by atoms with Crippen LogP contribution in [0.3, 0.4) is 0 Å². The molecular weight excluding hydrogens is 400 g/mol. The summed E-state index contributed by atoms with van der Waals surface area (Å²) in [6.07, 6.45) is 1.86. The number of hydrogen-bond donors (Lipinski definition) is 0. The number of rotatable bonds is 4. The van der Waals surface area contributed by atoms with E-state index in [1.165, 1.54) is 5.56 Å². The fraction of sp³-hybridized carbons (Fsp3) is 0.269. The van der Waals surface area contributed by atoms with Crippen LogP contribution >= 0.6 is 0 Å². The minimum absolute atomic E-state index is 0.0273. The maximum atomic E-state index is 6.03. The summed E-state index contributed by atoms with van der Waals surface area (Å²) < 4.78 is 13.5. The molecule has 2 aromatic carbocycles. The molecule has 0 spiro atoms. The van der Waals surface area contributed by atoms with Crippen LogP contribution in [0, 0.1) is 20.8 Å². The lowest BCUT2D eigenvalue weighted by Gasteiger charge is -2.15. The summed E-state index contributed by atoms with van der Waals surface area (Å²) in [5.41, 5.74) is 9.15. The third-order valence-electron chi connectivity index (χ3n) is 5.85. The van der Waals surface area contributed by atoms with Crippen LogP contribution in [0.5, 0.6) is 6.01 Å². The molecule has 0 unspecified atom stereocenters. The number of fused-ring (bicyclic) bond motifs is 2. The summed E-state index contributed by atoms with van der Waals surface area (Å²) in [4.78, 5) is 9.44. The molecule has 3 heterocycles. The lowest BCUT2D eigenvalue weighted by Crippen LogP contribution is -2.09. The SMILES string of the molecule is Cc1ccc2ncccc2c1-c1cc(-c2c(C)noc2C)cc2nc(OC(C)C)n(C)c12. The van der Waals surface area contributed by atoms with E-state index in [1.807, 2.05) is 51.6 Å². The van der Waals surface area contributed by atoms with Gasteiger partial charge in [-0.25, -0.2) is 0 Å². The Morgan fingerprint density at radius 2 is 1.81 bits per heavy atom. The first kappa shape index (κ1) is 20.2. The third-order valence-corrected chi connectivity index (χ3v) is 5.85. The van der Waals surface area contributed by atoms with Crippen LogP contribution in [0.15, 0.2) is 47.1 Å². The smallest absolute Gasteiger partial charge is 0.297 e. The van der Waals surface area contributed by atoms with Crippen LogP contribution in [-0.4, -0.2) is 25.8 Å². The number of benzene rings is 2. The van der Waals surface area contributed by atoms with Crippen LogP contribution < -0.4 is 4.74 Å². The molecule has 0 aliphatic rings. The Kier molecular flexibility index (Phi) is 4.73. The average Bonchev–Trinajstić information content (AvgIpc) is 3.25. The van der Waals surface area contributed by atoms with Gasteiger partial charge in [0.1, 0.15) is 5.76 Å². The highest BCUT2D eigenvalue weighted by molar-refractivity contribution is 6.06. The molecular formula is C26H26N4O2. The quantitative estimate of drug-likeness (QED) is 0.344. The highest BCUT2D eigenvalue weighted by Crippen LogP contribution is 2.41. The van der Waals surface area contributed by atoms with E-state index in [0.717, 1.165) is 55.6 Å². The first-order valence-corrected chi connectivity index (χ1v) is 10.8. The highest BCUT2D eigenvalue weighted by atomic mass is 16.5. The number of aromatic nitrogens is 4. The van der Waals surface area contributed by atoms with Crippen LogP contribution in [-0.2, 0) is 7.05 Å². The molecule has 0 aliphatic heterocycles. The summed E-state index contributed by atoms with van der Waals surface area (Å²) in [5, 5.41) is 5.28. The van der Waals surface area contributed by atoms with Gasteiger partial charge in [-0.15, -0.1) is 0 Å². The zero-order valence-electron chi connectivity index (χ0n) is 19.2. The fourth-order valence-corrected chi connectivity index (χ4v) is 4.50. The molecule has 5 rings (SSSR count). The predicted octanol–water partition coefficient (Wildman–Crippen LogP) is 6.16. The minimum atomic E-state index is 0.0273. The van der Waals surface area contributed by atoms with Crippen molar-refractivity contribution in [3.63, 3.8) is 0 Å². The van der Waals surface area contributed by atoms with Gasteiger partial charge in [0, 0.05) is 29.8 Å². The Morgan fingerprint density at radius 3 is 2.53 bits per heavy atom. The van der Waals surface area contributed by atoms with E-state index in [2.05, 4.69) is 47.4 Å². The van der Waals surface area contributed by atoms with Gasteiger partial charge in [-0.1, -0.05) is 17.3 Å². The van der Waals surface area contributed by atoms with Crippen molar-refractivity contribution in [2.45, 2.75) is 40.7 Å². The molecule has 0 fully saturated rings. The monoisotopic (exact) mass is 426 g/mol. The van der Waals surface area contributed by atoms with Crippen molar-refractivity contribution in [1.82, 2.24) is 19.7 Å². The lowest BCUT2D eigenvalue weighted by atomic mass is 9.91. The van der Waals surface area contributed by atoms with Crippen molar-refractivity contribution >= 4 is 21.9 Å². The van der Waals surface area contributed by atoms with Gasteiger partial charge in [0.15, 0.2) is 0 Å². The third kappa shape index (κ3) is 3.14. The molecule has 0 saturated carbocycles. The Morgan fingerprint density at radius 1 is 1.00 bits per heavy atom. The van der Waals surface area contributed by atoms with Gasteiger partial charge in [-0.2, -0.15) is 4.98 Å². The highest BCUT2D eigenvalue weighted by Gasteiger charge is 2.21. The topological polar surface area (TPSA) is 66.0 Å². The Labute approximate surface area is 186 Å². The van der Waals surface area contributed by atoms with Crippen molar-refractivity contribution in [2.75, 3.05) is 0 Å². The molecule has 0 amide bonds. The number of hydrogen-bond acceptors (Lipinski definition) is 5. The lowest BCUT2D eigenvalue weighted by molar-refractivity contribution is 0.216. The number of ether oxygens (including phenoxy) is 1. The van der Waals surface area contributed by atoms with E-state index < -0.39 is 0 Å². The van der Waals surface area contributed by atoms with Crippen LogP contribution in [0.4, 0.5) is 0 Å². The van der Waals surface area contributed by atoms with Crippen molar-refractivity contribution in [3.05, 3.63) is 59.6 Å². The van der Waals surface area contributed by atoms with Gasteiger partial charge in [0.2, 0.25) is 0 Å². The van der Waals surface area contributed by atoms with E-state index in [9.17, 15) is 0 Å². The average molecular weight is 427 g/mol. The van der Waals surface area contributed by atoms with Crippen molar-refractivity contribution < 1.29 is 9.26 Å². The van der Waals surface area contributed by atoms with Gasteiger partial charge in [-0.05, 0) is 75.6 Å². The molecule has 162 valence electrons. The van der Waals surface area contributed by atoms with Gasteiger partial charge in [0.05, 0.1) is 28.3 Å². The van der Waals surface area contributed by atoms with Crippen LogP contribution in [0.2, 0.25) is 0 Å². The molecule has 3 aromatic heterocycles.